The number of hydrogen-bond donors (Lipinski definition) is 1. The molecule has 1 atom stereocenters. The maximum Gasteiger partial charge on any atom is 0.218 e. The third kappa shape index (κ3) is 3.06. The van der Waals surface area contributed by atoms with Crippen molar-refractivity contribution >= 4 is 10.0 Å². The third-order valence-electron chi connectivity index (χ3n) is 3.01. The summed E-state index contributed by atoms with van der Waals surface area (Å²) in [5.74, 6) is 0.0708. The molecule has 4 nitrogen and oxygen atoms in total. The lowest BCUT2D eigenvalue weighted by atomic mass is 10.2. The summed E-state index contributed by atoms with van der Waals surface area (Å²) in [6.07, 6.45) is 0.757. The zero-order valence-electron chi connectivity index (χ0n) is 9.96. The number of nitrogens with two attached hydrogens (primary N) is 1. The van der Waals surface area contributed by atoms with Crippen molar-refractivity contribution in [2.24, 2.45) is 5.73 Å². The highest BCUT2D eigenvalue weighted by molar-refractivity contribution is 7.88. The lowest BCUT2D eigenvalue weighted by molar-refractivity contribution is 0.471. The first kappa shape index (κ1) is 12.5. The van der Waals surface area contributed by atoms with Crippen molar-refractivity contribution in [1.82, 2.24) is 4.31 Å². The van der Waals surface area contributed by atoms with Crippen LogP contribution in [-0.4, -0.2) is 31.9 Å². The van der Waals surface area contributed by atoms with E-state index in [1.54, 1.807) is 0 Å². The molecule has 1 saturated heterocycles. The summed E-state index contributed by atoms with van der Waals surface area (Å²) in [5.41, 5.74) is 7.65. The van der Waals surface area contributed by atoms with Crippen molar-refractivity contribution in [1.29, 1.82) is 0 Å². The van der Waals surface area contributed by atoms with E-state index in [1.165, 1.54) is 4.31 Å². The van der Waals surface area contributed by atoms with Gasteiger partial charge in [0.05, 0.1) is 5.75 Å². The van der Waals surface area contributed by atoms with Crippen LogP contribution in [-0.2, 0) is 15.8 Å². The van der Waals surface area contributed by atoms with Gasteiger partial charge in [-0.15, -0.1) is 0 Å². The van der Waals surface area contributed by atoms with Gasteiger partial charge in [-0.1, -0.05) is 29.8 Å². The highest BCUT2D eigenvalue weighted by Crippen LogP contribution is 2.17. The van der Waals surface area contributed by atoms with Gasteiger partial charge in [-0.2, -0.15) is 0 Å². The Morgan fingerprint density at radius 3 is 2.82 bits per heavy atom. The van der Waals surface area contributed by atoms with E-state index in [-0.39, 0.29) is 11.8 Å². The molecule has 1 aliphatic heterocycles. The van der Waals surface area contributed by atoms with Gasteiger partial charge >= 0.3 is 0 Å². The topological polar surface area (TPSA) is 63.4 Å². The predicted molar refractivity (Wildman–Crippen MR) is 68.0 cm³/mol. The van der Waals surface area contributed by atoms with E-state index >= 15 is 0 Å². The summed E-state index contributed by atoms with van der Waals surface area (Å²) in [4.78, 5) is 0. The summed E-state index contributed by atoms with van der Waals surface area (Å²) in [7, 11) is -3.21. The normalized spacial score (nSPS) is 21.9. The molecule has 2 N–H and O–H groups in total. The van der Waals surface area contributed by atoms with Crippen molar-refractivity contribution in [3.8, 4) is 0 Å². The molecule has 17 heavy (non-hydrogen) atoms. The van der Waals surface area contributed by atoms with E-state index in [2.05, 4.69) is 0 Å². The van der Waals surface area contributed by atoms with Crippen LogP contribution in [0.15, 0.2) is 24.3 Å². The van der Waals surface area contributed by atoms with Gasteiger partial charge in [-0.25, -0.2) is 12.7 Å². The summed E-state index contributed by atoms with van der Waals surface area (Å²) in [6.45, 7) is 2.96. The van der Waals surface area contributed by atoms with Crippen molar-refractivity contribution in [2.45, 2.75) is 25.1 Å². The largest absolute Gasteiger partial charge is 0.326 e. The van der Waals surface area contributed by atoms with E-state index in [4.69, 9.17) is 5.73 Å². The number of rotatable bonds is 3. The Morgan fingerprint density at radius 2 is 2.24 bits per heavy atom. The summed E-state index contributed by atoms with van der Waals surface area (Å²) >= 11 is 0. The fourth-order valence-corrected chi connectivity index (χ4v) is 3.70. The lowest BCUT2D eigenvalue weighted by Gasteiger charge is -2.16. The molecule has 1 aromatic carbocycles. The van der Waals surface area contributed by atoms with Crippen molar-refractivity contribution in [2.75, 3.05) is 13.1 Å². The first-order chi connectivity index (χ1) is 7.97. The second-order valence-corrected chi connectivity index (χ2v) is 6.62. The molecule has 0 spiro atoms. The van der Waals surface area contributed by atoms with Crippen molar-refractivity contribution in [3.63, 3.8) is 0 Å². The van der Waals surface area contributed by atoms with Crippen LogP contribution < -0.4 is 5.73 Å². The molecule has 0 aromatic heterocycles. The molecular formula is C12H18N2O2S. The molecule has 0 bridgehead atoms. The zero-order chi connectivity index (χ0) is 12.5. The maximum atomic E-state index is 12.1. The van der Waals surface area contributed by atoms with Crippen LogP contribution >= 0.6 is 0 Å². The van der Waals surface area contributed by atoms with E-state index in [9.17, 15) is 8.42 Å². The van der Waals surface area contributed by atoms with Gasteiger partial charge < -0.3 is 5.73 Å². The number of hydrogen-bond acceptors (Lipinski definition) is 3. The van der Waals surface area contributed by atoms with Gasteiger partial charge in [0.1, 0.15) is 0 Å². The molecule has 1 heterocycles. The smallest absolute Gasteiger partial charge is 0.218 e. The van der Waals surface area contributed by atoms with Crippen LogP contribution in [0.1, 0.15) is 17.5 Å². The monoisotopic (exact) mass is 254 g/mol. The number of aryl methyl sites for hydroxylation is 1. The quantitative estimate of drug-likeness (QED) is 0.870. The van der Waals surface area contributed by atoms with Crippen LogP contribution in [0.2, 0.25) is 0 Å². The standard InChI is InChI=1S/C12H18N2O2S/c1-10-3-2-4-11(7-10)9-17(15,16)14-6-5-12(13)8-14/h2-4,7,12H,5-6,8-9,13H2,1H3/t12-/m1/s1. The summed E-state index contributed by atoms with van der Waals surface area (Å²) < 4.78 is 25.8. The maximum absolute atomic E-state index is 12.1. The minimum atomic E-state index is -3.21. The number of nitrogens with zero attached hydrogens (tertiary/aromatic N) is 1. The van der Waals surface area contributed by atoms with Gasteiger partial charge in [0.15, 0.2) is 0 Å². The van der Waals surface area contributed by atoms with Gasteiger partial charge in [0.2, 0.25) is 10.0 Å². The zero-order valence-corrected chi connectivity index (χ0v) is 10.8. The van der Waals surface area contributed by atoms with Gasteiger partial charge in [-0.05, 0) is 18.9 Å². The molecule has 0 aliphatic carbocycles. The van der Waals surface area contributed by atoms with Crippen LogP contribution in [0.25, 0.3) is 0 Å². The van der Waals surface area contributed by atoms with E-state index in [0.717, 1.165) is 17.5 Å². The highest BCUT2D eigenvalue weighted by Gasteiger charge is 2.29. The van der Waals surface area contributed by atoms with E-state index < -0.39 is 10.0 Å². The Kier molecular flexibility index (Phi) is 3.51. The molecule has 1 aromatic rings. The first-order valence-electron chi connectivity index (χ1n) is 5.76. The SMILES string of the molecule is Cc1cccc(CS(=O)(=O)N2CC[C@@H](N)C2)c1. The highest BCUT2D eigenvalue weighted by atomic mass is 32.2. The fraction of sp³-hybridized carbons (Fsp3) is 0.500. The Morgan fingerprint density at radius 1 is 1.47 bits per heavy atom. The lowest BCUT2D eigenvalue weighted by Crippen LogP contribution is -2.32. The van der Waals surface area contributed by atoms with E-state index in [1.807, 2.05) is 31.2 Å². The Balaban J connectivity index is 2.12. The molecule has 1 fully saturated rings. The second kappa shape index (κ2) is 4.76. The fourth-order valence-electron chi connectivity index (χ4n) is 2.11. The molecule has 94 valence electrons. The minimum absolute atomic E-state index is 0.0118. The van der Waals surface area contributed by atoms with Crippen LogP contribution in [0.5, 0.6) is 0 Å². The molecule has 0 unspecified atom stereocenters. The van der Waals surface area contributed by atoms with Gasteiger partial charge in [0.25, 0.3) is 0 Å². The molecule has 5 heteroatoms. The van der Waals surface area contributed by atoms with Crippen LogP contribution in [0, 0.1) is 6.92 Å². The molecule has 0 saturated carbocycles. The summed E-state index contributed by atoms with van der Waals surface area (Å²) in [5, 5.41) is 0. The van der Waals surface area contributed by atoms with E-state index in [0.29, 0.717) is 13.1 Å². The predicted octanol–water partition coefficient (Wildman–Crippen LogP) is 0.858. The number of sulfonamides is 1. The van der Waals surface area contributed by atoms with Crippen LogP contribution in [0.3, 0.4) is 0 Å². The van der Waals surface area contributed by atoms with Crippen molar-refractivity contribution in [3.05, 3.63) is 35.4 Å². The average molecular weight is 254 g/mol. The van der Waals surface area contributed by atoms with Crippen LogP contribution in [0.4, 0.5) is 0 Å². The second-order valence-electron chi connectivity index (χ2n) is 4.65. The molecular weight excluding hydrogens is 236 g/mol. The molecule has 1 aliphatic rings. The Bertz CT molecular complexity index is 499. The van der Waals surface area contributed by atoms with Gasteiger partial charge in [0, 0.05) is 19.1 Å². The summed E-state index contributed by atoms with van der Waals surface area (Å²) in [6, 6.07) is 7.59. The van der Waals surface area contributed by atoms with Crippen molar-refractivity contribution < 1.29 is 8.42 Å². The number of benzene rings is 1. The molecule has 2 rings (SSSR count). The average Bonchev–Trinajstić information content (AvgIpc) is 2.65. The molecule has 0 amide bonds. The molecule has 0 radical (unpaired) electrons. The van der Waals surface area contributed by atoms with Gasteiger partial charge in [-0.3, -0.25) is 0 Å². The minimum Gasteiger partial charge on any atom is -0.326 e. The first-order valence-corrected chi connectivity index (χ1v) is 7.37. The Hall–Kier alpha value is -0.910. The third-order valence-corrected chi connectivity index (χ3v) is 4.83. The Labute approximate surface area is 102 Å².